The molecule has 2 aliphatic rings. The number of likely N-dealkylation sites (tertiary alicyclic amines) is 1. The maximum atomic E-state index is 4.78. The highest BCUT2D eigenvalue weighted by atomic mass is 32.2. The van der Waals surface area contributed by atoms with Gasteiger partial charge in [-0.1, -0.05) is 19.3 Å². The molecule has 0 aromatic carbocycles. The summed E-state index contributed by atoms with van der Waals surface area (Å²) < 4.78 is 0. The minimum absolute atomic E-state index is 0.560. The van der Waals surface area contributed by atoms with Crippen LogP contribution in [0.2, 0.25) is 0 Å². The van der Waals surface area contributed by atoms with Gasteiger partial charge in [-0.3, -0.25) is 9.89 Å². The lowest BCUT2D eigenvalue weighted by Gasteiger charge is -2.40. The Balaban J connectivity index is 1.78. The number of aliphatic imine (C=N–C) groups is 1. The summed E-state index contributed by atoms with van der Waals surface area (Å²) >= 11 is 1.93. The van der Waals surface area contributed by atoms with Crippen LogP contribution in [0.3, 0.4) is 0 Å². The molecule has 1 unspecified atom stereocenters. The summed E-state index contributed by atoms with van der Waals surface area (Å²) in [4.78, 5) is 7.54. The van der Waals surface area contributed by atoms with Gasteiger partial charge in [-0.05, 0) is 64.0 Å². The van der Waals surface area contributed by atoms with Crippen LogP contribution in [0.1, 0.15) is 64.7 Å². The summed E-state index contributed by atoms with van der Waals surface area (Å²) in [6.45, 7) is 6.53. The lowest BCUT2D eigenvalue weighted by atomic mass is 9.92. The summed E-state index contributed by atoms with van der Waals surface area (Å²) in [5, 5.41) is 7.14. The van der Waals surface area contributed by atoms with E-state index < -0.39 is 0 Å². The SMILES string of the molecule is CCNC(=NCCCCSC)NC1CCCN(C2CCCCC2)C1. The van der Waals surface area contributed by atoms with Crippen LogP contribution in [0.25, 0.3) is 0 Å². The van der Waals surface area contributed by atoms with Gasteiger partial charge in [-0.2, -0.15) is 11.8 Å². The topological polar surface area (TPSA) is 39.7 Å². The fourth-order valence-corrected chi connectivity index (χ4v) is 4.46. The molecule has 1 saturated carbocycles. The van der Waals surface area contributed by atoms with E-state index in [0.717, 1.165) is 25.1 Å². The van der Waals surface area contributed by atoms with E-state index in [9.17, 15) is 0 Å². The molecule has 0 spiro atoms. The Morgan fingerprint density at radius 1 is 1.12 bits per heavy atom. The number of guanidine groups is 1. The van der Waals surface area contributed by atoms with E-state index in [-0.39, 0.29) is 0 Å². The zero-order valence-electron chi connectivity index (χ0n) is 15.9. The van der Waals surface area contributed by atoms with Crippen LogP contribution in [-0.2, 0) is 0 Å². The van der Waals surface area contributed by atoms with Crippen molar-refractivity contribution in [1.82, 2.24) is 15.5 Å². The van der Waals surface area contributed by atoms with Crippen molar-refractivity contribution in [3.8, 4) is 0 Å². The summed E-state index contributed by atoms with van der Waals surface area (Å²) in [6.07, 6.45) is 14.4. The smallest absolute Gasteiger partial charge is 0.191 e. The highest BCUT2D eigenvalue weighted by Gasteiger charge is 2.27. The van der Waals surface area contributed by atoms with E-state index >= 15 is 0 Å². The minimum Gasteiger partial charge on any atom is -0.357 e. The number of rotatable bonds is 8. The van der Waals surface area contributed by atoms with Gasteiger partial charge in [0.05, 0.1) is 0 Å². The van der Waals surface area contributed by atoms with Crippen molar-refractivity contribution in [3.05, 3.63) is 0 Å². The van der Waals surface area contributed by atoms with Crippen molar-refractivity contribution in [2.24, 2.45) is 4.99 Å². The van der Waals surface area contributed by atoms with Crippen LogP contribution in [0.15, 0.2) is 4.99 Å². The molecule has 1 aliphatic carbocycles. The molecular weight excluding hydrogens is 316 g/mol. The lowest BCUT2D eigenvalue weighted by molar-refractivity contribution is 0.115. The zero-order valence-corrected chi connectivity index (χ0v) is 16.7. The predicted molar refractivity (Wildman–Crippen MR) is 108 cm³/mol. The normalized spacial score (nSPS) is 24.1. The molecule has 1 aliphatic heterocycles. The first-order chi connectivity index (χ1) is 11.8. The van der Waals surface area contributed by atoms with Crippen molar-refractivity contribution in [2.45, 2.75) is 76.8 Å². The van der Waals surface area contributed by atoms with Crippen LogP contribution in [-0.4, -0.2) is 61.1 Å². The Morgan fingerprint density at radius 3 is 2.71 bits per heavy atom. The number of piperidine rings is 1. The maximum Gasteiger partial charge on any atom is 0.191 e. The fraction of sp³-hybridized carbons (Fsp3) is 0.947. The van der Waals surface area contributed by atoms with Crippen molar-refractivity contribution in [1.29, 1.82) is 0 Å². The largest absolute Gasteiger partial charge is 0.357 e. The third kappa shape index (κ3) is 7.22. The molecule has 24 heavy (non-hydrogen) atoms. The lowest BCUT2D eigenvalue weighted by Crippen LogP contribution is -2.53. The molecule has 4 nitrogen and oxygen atoms in total. The average molecular weight is 355 g/mol. The first-order valence-electron chi connectivity index (χ1n) is 10.1. The molecule has 0 aromatic rings. The number of hydrogen-bond donors (Lipinski definition) is 2. The average Bonchev–Trinajstić information content (AvgIpc) is 2.63. The Morgan fingerprint density at radius 2 is 1.96 bits per heavy atom. The summed E-state index contributed by atoms with van der Waals surface area (Å²) in [6, 6.07) is 1.40. The Bertz CT molecular complexity index is 355. The summed E-state index contributed by atoms with van der Waals surface area (Å²) in [7, 11) is 0. The molecule has 1 saturated heterocycles. The molecule has 0 amide bonds. The highest BCUT2D eigenvalue weighted by Crippen LogP contribution is 2.25. The molecule has 0 radical (unpaired) electrons. The molecule has 2 fully saturated rings. The first kappa shape index (κ1) is 19.9. The molecule has 140 valence electrons. The van der Waals surface area contributed by atoms with Gasteiger partial charge in [0, 0.05) is 31.7 Å². The summed E-state index contributed by atoms with van der Waals surface area (Å²) in [5.74, 6) is 2.27. The summed E-state index contributed by atoms with van der Waals surface area (Å²) in [5.41, 5.74) is 0. The number of unbranched alkanes of at least 4 members (excludes halogenated alkanes) is 1. The molecule has 2 N–H and O–H groups in total. The van der Waals surface area contributed by atoms with Gasteiger partial charge in [0.2, 0.25) is 0 Å². The molecular formula is C19H38N4S. The Kier molecular flexibility index (Phi) is 9.96. The van der Waals surface area contributed by atoms with Gasteiger partial charge in [0.25, 0.3) is 0 Å². The van der Waals surface area contributed by atoms with Crippen molar-refractivity contribution in [2.75, 3.05) is 38.2 Å². The van der Waals surface area contributed by atoms with E-state index in [4.69, 9.17) is 4.99 Å². The van der Waals surface area contributed by atoms with Crippen molar-refractivity contribution in [3.63, 3.8) is 0 Å². The number of nitrogens with one attached hydrogen (secondary N) is 2. The molecule has 0 bridgehead atoms. The first-order valence-corrected chi connectivity index (χ1v) is 11.5. The van der Waals surface area contributed by atoms with E-state index in [1.807, 2.05) is 11.8 Å². The van der Waals surface area contributed by atoms with Gasteiger partial charge < -0.3 is 10.6 Å². The van der Waals surface area contributed by atoms with Crippen molar-refractivity contribution < 1.29 is 0 Å². The number of thioether (sulfide) groups is 1. The van der Waals surface area contributed by atoms with Crippen LogP contribution < -0.4 is 10.6 Å². The molecule has 2 rings (SSSR count). The van der Waals surface area contributed by atoms with Crippen LogP contribution in [0.4, 0.5) is 0 Å². The molecule has 1 atom stereocenters. The zero-order chi connectivity index (χ0) is 17.0. The maximum absolute atomic E-state index is 4.78. The van der Waals surface area contributed by atoms with Crippen LogP contribution in [0.5, 0.6) is 0 Å². The van der Waals surface area contributed by atoms with E-state index in [1.54, 1.807) is 0 Å². The molecule has 1 heterocycles. The predicted octanol–water partition coefficient (Wildman–Crippen LogP) is 3.48. The number of nitrogens with zero attached hydrogens (tertiary/aromatic N) is 2. The second-order valence-corrected chi connectivity index (χ2v) is 8.22. The van der Waals surface area contributed by atoms with Crippen LogP contribution >= 0.6 is 11.8 Å². The van der Waals surface area contributed by atoms with Gasteiger partial charge in [-0.25, -0.2) is 0 Å². The van der Waals surface area contributed by atoms with Gasteiger partial charge in [0.15, 0.2) is 5.96 Å². The second kappa shape index (κ2) is 12.0. The van der Waals surface area contributed by atoms with Gasteiger partial charge >= 0.3 is 0 Å². The minimum atomic E-state index is 0.560. The Hall–Kier alpha value is -0.420. The van der Waals surface area contributed by atoms with Crippen molar-refractivity contribution >= 4 is 17.7 Å². The van der Waals surface area contributed by atoms with E-state index in [0.29, 0.717) is 6.04 Å². The molecule has 0 aromatic heterocycles. The Labute approximate surface area is 153 Å². The van der Waals surface area contributed by atoms with E-state index in [1.165, 1.54) is 76.6 Å². The van der Waals surface area contributed by atoms with Gasteiger partial charge in [0.1, 0.15) is 0 Å². The highest BCUT2D eigenvalue weighted by molar-refractivity contribution is 7.98. The number of hydrogen-bond acceptors (Lipinski definition) is 3. The third-order valence-corrected chi connectivity index (χ3v) is 5.95. The standard InChI is InChI=1S/C19H38N4S/c1-3-20-19(21-13-7-8-15-24-2)22-17-10-9-14-23(16-17)18-11-5-4-6-12-18/h17-18H,3-16H2,1-2H3,(H2,20,21,22). The quantitative estimate of drug-likeness (QED) is 0.398. The third-order valence-electron chi connectivity index (χ3n) is 5.26. The second-order valence-electron chi connectivity index (χ2n) is 7.23. The van der Waals surface area contributed by atoms with E-state index in [2.05, 4.69) is 28.7 Å². The van der Waals surface area contributed by atoms with Crippen LogP contribution in [0, 0.1) is 0 Å². The van der Waals surface area contributed by atoms with Gasteiger partial charge in [-0.15, -0.1) is 0 Å². The molecule has 5 heteroatoms. The fourth-order valence-electron chi connectivity index (χ4n) is 3.96. The monoisotopic (exact) mass is 354 g/mol.